The Labute approximate surface area is 97.1 Å². The molecule has 0 spiro atoms. The van der Waals surface area contributed by atoms with E-state index in [0.717, 1.165) is 15.4 Å². The first kappa shape index (κ1) is 10.8. The topological polar surface area (TPSA) is 68.0 Å². The number of nitrogens with zero attached hydrogens (tertiary/aromatic N) is 1. The molecule has 0 aliphatic heterocycles. The van der Waals surface area contributed by atoms with E-state index in [1.807, 2.05) is 37.3 Å². The van der Waals surface area contributed by atoms with Gasteiger partial charge in [0.05, 0.1) is 9.88 Å². The van der Waals surface area contributed by atoms with Crippen molar-refractivity contribution in [2.45, 2.75) is 6.92 Å². The minimum absolute atomic E-state index is 0.358. The Bertz CT molecular complexity index is 507. The zero-order valence-electron chi connectivity index (χ0n) is 8.73. The highest BCUT2D eigenvalue weighted by atomic mass is 32.1. The van der Waals surface area contributed by atoms with Crippen molar-refractivity contribution >= 4 is 17.2 Å². The lowest BCUT2D eigenvalue weighted by molar-refractivity contribution is 0.0950. The molecule has 0 aliphatic carbocycles. The number of thiazole rings is 1. The van der Waals surface area contributed by atoms with Crippen LogP contribution in [-0.4, -0.2) is 10.9 Å². The number of amides is 1. The SMILES string of the molecule is Cc1nc(C(=O)NN)c(-c2ccccc2)s1. The first-order valence-electron chi connectivity index (χ1n) is 4.76. The van der Waals surface area contributed by atoms with Crippen molar-refractivity contribution in [1.29, 1.82) is 0 Å². The number of aryl methyl sites for hydroxylation is 1. The molecule has 0 bridgehead atoms. The smallest absolute Gasteiger partial charge is 0.285 e. The van der Waals surface area contributed by atoms with Crippen molar-refractivity contribution in [2.24, 2.45) is 5.84 Å². The van der Waals surface area contributed by atoms with Gasteiger partial charge in [-0.15, -0.1) is 11.3 Å². The van der Waals surface area contributed by atoms with Gasteiger partial charge in [0, 0.05) is 0 Å². The summed E-state index contributed by atoms with van der Waals surface area (Å²) in [5.74, 6) is 4.77. The van der Waals surface area contributed by atoms with E-state index < -0.39 is 0 Å². The van der Waals surface area contributed by atoms with Gasteiger partial charge < -0.3 is 0 Å². The van der Waals surface area contributed by atoms with Gasteiger partial charge in [-0.05, 0) is 12.5 Å². The van der Waals surface area contributed by atoms with Gasteiger partial charge in [-0.2, -0.15) is 0 Å². The van der Waals surface area contributed by atoms with E-state index in [1.165, 1.54) is 11.3 Å². The molecule has 0 aliphatic rings. The summed E-state index contributed by atoms with van der Waals surface area (Å²) < 4.78 is 0. The molecule has 1 amide bonds. The van der Waals surface area contributed by atoms with E-state index in [2.05, 4.69) is 10.4 Å². The Morgan fingerprint density at radius 3 is 2.69 bits per heavy atom. The summed E-state index contributed by atoms with van der Waals surface area (Å²) in [4.78, 5) is 16.6. The Morgan fingerprint density at radius 1 is 1.38 bits per heavy atom. The number of rotatable bonds is 2. The van der Waals surface area contributed by atoms with Crippen LogP contribution in [0.15, 0.2) is 30.3 Å². The average molecular weight is 233 g/mol. The van der Waals surface area contributed by atoms with Crippen LogP contribution in [-0.2, 0) is 0 Å². The number of benzene rings is 1. The molecule has 5 heteroatoms. The van der Waals surface area contributed by atoms with Gasteiger partial charge in [0.2, 0.25) is 0 Å². The largest absolute Gasteiger partial charge is 0.289 e. The summed E-state index contributed by atoms with van der Waals surface area (Å²) in [6.45, 7) is 1.87. The summed E-state index contributed by atoms with van der Waals surface area (Å²) in [6, 6.07) is 9.67. The van der Waals surface area contributed by atoms with Gasteiger partial charge in [0.15, 0.2) is 0 Å². The normalized spacial score (nSPS) is 10.1. The number of nitrogen functional groups attached to an aromatic ring is 1. The maximum Gasteiger partial charge on any atom is 0.285 e. The fourth-order valence-corrected chi connectivity index (χ4v) is 2.36. The summed E-state index contributed by atoms with van der Waals surface area (Å²) in [5, 5.41) is 0.845. The summed E-state index contributed by atoms with van der Waals surface area (Å²) in [7, 11) is 0. The van der Waals surface area contributed by atoms with Crippen LogP contribution in [0, 0.1) is 6.92 Å². The second kappa shape index (κ2) is 4.42. The van der Waals surface area contributed by atoms with Crippen LogP contribution in [0.5, 0.6) is 0 Å². The van der Waals surface area contributed by atoms with Crippen molar-refractivity contribution < 1.29 is 4.79 Å². The Balaban J connectivity index is 2.53. The van der Waals surface area contributed by atoms with Crippen LogP contribution in [0.2, 0.25) is 0 Å². The zero-order chi connectivity index (χ0) is 11.5. The molecule has 1 aromatic carbocycles. The van der Waals surface area contributed by atoms with Gasteiger partial charge in [-0.3, -0.25) is 10.2 Å². The Kier molecular flexibility index (Phi) is 2.98. The summed E-state index contributed by atoms with van der Waals surface area (Å²) >= 11 is 1.48. The lowest BCUT2D eigenvalue weighted by Crippen LogP contribution is -2.30. The van der Waals surface area contributed by atoms with Crippen molar-refractivity contribution in [3.8, 4) is 10.4 Å². The molecule has 82 valence electrons. The number of nitrogens with two attached hydrogens (primary N) is 1. The van der Waals surface area contributed by atoms with Crippen LogP contribution < -0.4 is 11.3 Å². The molecule has 0 saturated heterocycles. The molecule has 1 heterocycles. The molecular weight excluding hydrogens is 222 g/mol. The van der Waals surface area contributed by atoms with E-state index in [4.69, 9.17) is 5.84 Å². The maximum atomic E-state index is 11.5. The number of hydrogen-bond donors (Lipinski definition) is 2. The molecule has 2 aromatic rings. The number of nitrogens with one attached hydrogen (secondary N) is 1. The highest BCUT2D eigenvalue weighted by Crippen LogP contribution is 2.29. The molecule has 0 radical (unpaired) electrons. The molecular formula is C11H11N3OS. The van der Waals surface area contributed by atoms with Gasteiger partial charge in [0.1, 0.15) is 5.69 Å². The zero-order valence-corrected chi connectivity index (χ0v) is 9.54. The number of carbonyl (C=O) groups excluding carboxylic acids is 1. The molecule has 0 unspecified atom stereocenters. The Hall–Kier alpha value is -1.72. The quantitative estimate of drug-likeness (QED) is 0.471. The molecule has 1 aromatic heterocycles. The van der Waals surface area contributed by atoms with Crippen molar-refractivity contribution in [1.82, 2.24) is 10.4 Å². The third-order valence-electron chi connectivity index (χ3n) is 2.12. The number of aromatic nitrogens is 1. The van der Waals surface area contributed by atoms with Crippen molar-refractivity contribution in [2.75, 3.05) is 0 Å². The van der Waals surface area contributed by atoms with Gasteiger partial charge in [-0.1, -0.05) is 30.3 Å². The highest BCUT2D eigenvalue weighted by Gasteiger charge is 2.16. The summed E-state index contributed by atoms with van der Waals surface area (Å²) in [6.07, 6.45) is 0. The van der Waals surface area contributed by atoms with Crippen LogP contribution >= 0.6 is 11.3 Å². The average Bonchev–Trinajstić information content (AvgIpc) is 2.71. The fraction of sp³-hybridized carbons (Fsp3) is 0.0909. The van der Waals surface area contributed by atoms with Gasteiger partial charge >= 0.3 is 0 Å². The van der Waals surface area contributed by atoms with E-state index >= 15 is 0 Å². The first-order valence-corrected chi connectivity index (χ1v) is 5.58. The maximum absolute atomic E-state index is 11.5. The van der Waals surface area contributed by atoms with Crippen LogP contribution in [0.25, 0.3) is 10.4 Å². The predicted octanol–water partition coefficient (Wildman–Crippen LogP) is 1.72. The lowest BCUT2D eigenvalue weighted by Gasteiger charge is -2.00. The van der Waals surface area contributed by atoms with Crippen LogP contribution in [0.4, 0.5) is 0 Å². The molecule has 0 saturated carbocycles. The van der Waals surface area contributed by atoms with E-state index in [1.54, 1.807) is 0 Å². The molecule has 0 fully saturated rings. The number of hydrogen-bond acceptors (Lipinski definition) is 4. The lowest BCUT2D eigenvalue weighted by atomic mass is 10.1. The molecule has 4 nitrogen and oxygen atoms in total. The second-order valence-corrected chi connectivity index (χ2v) is 4.45. The van der Waals surface area contributed by atoms with Gasteiger partial charge in [-0.25, -0.2) is 10.8 Å². The third-order valence-corrected chi connectivity index (χ3v) is 3.14. The van der Waals surface area contributed by atoms with E-state index in [9.17, 15) is 4.79 Å². The van der Waals surface area contributed by atoms with Gasteiger partial charge in [0.25, 0.3) is 5.91 Å². The molecule has 16 heavy (non-hydrogen) atoms. The van der Waals surface area contributed by atoms with E-state index in [0.29, 0.717) is 5.69 Å². The van der Waals surface area contributed by atoms with Crippen LogP contribution in [0.3, 0.4) is 0 Å². The second-order valence-electron chi connectivity index (χ2n) is 3.25. The van der Waals surface area contributed by atoms with E-state index in [-0.39, 0.29) is 5.91 Å². The molecule has 0 atom stereocenters. The fourth-order valence-electron chi connectivity index (χ4n) is 1.43. The minimum atomic E-state index is -0.358. The third kappa shape index (κ3) is 1.95. The summed E-state index contributed by atoms with van der Waals surface area (Å²) in [5.41, 5.74) is 3.47. The van der Waals surface area contributed by atoms with Crippen LogP contribution in [0.1, 0.15) is 15.5 Å². The first-order chi connectivity index (χ1) is 7.72. The monoisotopic (exact) mass is 233 g/mol. The molecule has 3 N–H and O–H groups in total. The van der Waals surface area contributed by atoms with Crippen molar-refractivity contribution in [3.05, 3.63) is 41.0 Å². The number of hydrazine groups is 1. The predicted molar refractivity (Wildman–Crippen MR) is 63.9 cm³/mol. The number of carbonyl (C=O) groups is 1. The minimum Gasteiger partial charge on any atom is -0.289 e. The molecule has 2 rings (SSSR count). The Morgan fingerprint density at radius 2 is 2.06 bits per heavy atom. The highest BCUT2D eigenvalue weighted by molar-refractivity contribution is 7.15. The standard InChI is InChI=1S/C11H11N3OS/c1-7-13-9(11(15)14-12)10(16-7)8-5-3-2-4-6-8/h2-6H,12H2,1H3,(H,14,15). The van der Waals surface area contributed by atoms with Crippen molar-refractivity contribution in [3.63, 3.8) is 0 Å².